The van der Waals surface area contributed by atoms with E-state index in [1.165, 1.54) is 0 Å². The lowest BCUT2D eigenvalue weighted by atomic mass is 10.2. The Hall–Kier alpha value is -1.22. The van der Waals surface area contributed by atoms with Crippen LogP contribution in [-0.4, -0.2) is 19.6 Å². The summed E-state index contributed by atoms with van der Waals surface area (Å²) >= 11 is 5.79. The van der Waals surface area contributed by atoms with E-state index in [1.807, 2.05) is 0 Å². The molecule has 0 atom stereocenters. The minimum absolute atomic E-state index is 0.339. The maximum atomic E-state index is 11.4. The zero-order chi connectivity index (χ0) is 10.6. The Morgan fingerprint density at radius 3 is 2.86 bits per heavy atom. The lowest BCUT2D eigenvalue weighted by Gasteiger charge is -2.08. The van der Waals surface area contributed by atoms with Gasteiger partial charge in [-0.3, -0.25) is 0 Å². The van der Waals surface area contributed by atoms with Crippen LogP contribution in [0.1, 0.15) is 17.3 Å². The van der Waals surface area contributed by atoms with Crippen molar-refractivity contribution >= 4 is 23.3 Å². The van der Waals surface area contributed by atoms with Crippen LogP contribution in [0.5, 0.6) is 0 Å². The molecule has 0 radical (unpaired) electrons. The van der Waals surface area contributed by atoms with Gasteiger partial charge in [-0.2, -0.15) is 0 Å². The van der Waals surface area contributed by atoms with Gasteiger partial charge in [-0.25, -0.2) is 4.79 Å². The first kappa shape index (κ1) is 10.9. The average molecular weight is 214 g/mol. The third-order valence-corrected chi connectivity index (χ3v) is 1.98. The number of anilines is 1. The van der Waals surface area contributed by atoms with Crippen molar-refractivity contribution in [2.75, 3.05) is 19.0 Å². The van der Waals surface area contributed by atoms with Gasteiger partial charge in [0.2, 0.25) is 0 Å². The summed E-state index contributed by atoms with van der Waals surface area (Å²) in [5.41, 5.74) is 1.18. The molecule has 1 rings (SSSR count). The zero-order valence-corrected chi connectivity index (χ0v) is 8.89. The summed E-state index contributed by atoms with van der Waals surface area (Å²) in [6.45, 7) is 2.14. The Morgan fingerprint density at radius 1 is 1.57 bits per heavy atom. The molecule has 0 saturated carbocycles. The summed E-state index contributed by atoms with van der Waals surface area (Å²) in [6, 6.07) is 4.99. The first-order valence-electron chi connectivity index (χ1n) is 4.33. The molecule has 0 saturated heterocycles. The average Bonchev–Trinajstić information content (AvgIpc) is 2.17. The SMILES string of the molecule is CCOC(=O)c1ccc(Cl)cc1NC. The molecule has 0 spiro atoms. The molecular formula is C10H12ClNO2. The molecule has 3 nitrogen and oxygen atoms in total. The van der Waals surface area contributed by atoms with E-state index >= 15 is 0 Å². The number of carbonyl (C=O) groups is 1. The number of halogens is 1. The van der Waals surface area contributed by atoms with E-state index in [9.17, 15) is 4.79 Å². The fourth-order valence-corrected chi connectivity index (χ4v) is 1.28. The van der Waals surface area contributed by atoms with E-state index in [-0.39, 0.29) is 5.97 Å². The third kappa shape index (κ3) is 2.39. The molecular weight excluding hydrogens is 202 g/mol. The van der Waals surface area contributed by atoms with Crippen LogP contribution in [0.3, 0.4) is 0 Å². The van der Waals surface area contributed by atoms with Crippen LogP contribution in [0, 0.1) is 0 Å². The fourth-order valence-electron chi connectivity index (χ4n) is 1.11. The summed E-state index contributed by atoms with van der Waals surface area (Å²) in [7, 11) is 1.73. The Kier molecular flexibility index (Phi) is 3.77. The Bertz CT molecular complexity index is 339. The number of esters is 1. The van der Waals surface area contributed by atoms with Gasteiger partial charge in [0.15, 0.2) is 0 Å². The second kappa shape index (κ2) is 4.86. The fraction of sp³-hybridized carbons (Fsp3) is 0.300. The van der Waals surface area contributed by atoms with E-state index in [1.54, 1.807) is 32.2 Å². The first-order valence-corrected chi connectivity index (χ1v) is 4.71. The van der Waals surface area contributed by atoms with Crippen LogP contribution >= 0.6 is 11.6 Å². The van der Waals surface area contributed by atoms with Gasteiger partial charge in [0, 0.05) is 17.8 Å². The van der Waals surface area contributed by atoms with Crippen molar-refractivity contribution in [1.29, 1.82) is 0 Å². The smallest absolute Gasteiger partial charge is 0.340 e. The van der Waals surface area contributed by atoms with E-state index in [2.05, 4.69) is 5.32 Å². The Labute approximate surface area is 88.0 Å². The molecule has 0 amide bonds. The largest absolute Gasteiger partial charge is 0.462 e. The van der Waals surface area contributed by atoms with Crippen molar-refractivity contribution in [3.05, 3.63) is 28.8 Å². The molecule has 0 aliphatic heterocycles. The molecule has 4 heteroatoms. The lowest BCUT2D eigenvalue weighted by molar-refractivity contribution is 0.0527. The van der Waals surface area contributed by atoms with Gasteiger partial charge in [0.1, 0.15) is 0 Å². The summed E-state index contributed by atoms with van der Waals surface area (Å²) in [5, 5.41) is 3.48. The molecule has 76 valence electrons. The summed E-state index contributed by atoms with van der Waals surface area (Å²) in [4.78, 5) is 11.4. The van der Waals surface area contributed by atoms with Crippen LogP contribution in [0.4, 0.5) is 5.69 Å². The van der Waals surface area contributed by atoms with Gasteiger partial charge in [0.05, 0.1) is 12.2 Å². The number of rotatable bonds is 3. The molecule has 14 heavy (non-hydrogen) atoms. The Balaban J connectivity index is 3.01. The second-order valence-electron chi connectivity index (χ2n) is 2.66. The molecule has 0 aromatic heterocycles. The van der Waals surface area contributed by atoms with Crippen LogP contribution in [0.15, 0.2) is 18.2 Å². The second-order valence-corrected chi connectivity index (χ2v) is 3.10. The van der Waals surface area contributed by atoms with Gasteiger partial charge in [-0.05, 0) is 25.1 Å². The number of nitrogens with one attached hydrogen (secondary N) is 1. The molecule has 0 unspecified atom stereocenters. The van der Waals surface area contributed by atoms with Gasteiger partial charge in [-0.15, -0.1) is 0 Å². The van der Waals surface area contributed by atoms with Gasteiger partial charge in [0.25, 0.3) is 0 Å². The van der Waals surface area contributed by atoms with Crippen LogP contribution in [0.25, 0.3) is 0 Å². The van der Waals surface area contributed by atoms with Crippen LogP contribution < -0.4 is 5.32 Å². The van der Waals surface area contributed by atoms with Crippen molar-refractivity contribution < 1.29 is 9.53 Å². The highest BCUT2D eigenvalue weighted by atomic mass is 35.5. The van der Waals surface area contributed by atoms with Crippen molar-refractivity contribution in [3.8, 4) is 0 Å². The summed E-state index contributed by atoms with van der Waals surface area (Å²) in [6.07, 6.45) is 0. The van der Waals surface area contributed by atoms with E-state index < -0.39 is 0 Å². The molecule has 0 bridgehead atoms. The molecule has 0 aliphatic rings. The number of hydrogen-bond acceptors (Lipinski definition) is 3. The van der Waals surface area contributed by atoms with E-state index in [0.29, 0.717) is 22.9 Å². The van der Waals surface area contributed by atoms with E-state index in [0.717, 1.165) is 0 Å². The third-order valence-electron chi connectivity index (χ3n) is 1.75. The predicted octanol–water partition coefficient (Wildman–Crippen LogP) is 2.56. The van der Waals surface area contributed by atoms with Gasteiger partial charge >= 0.3 is 5.97 Å². The van der Waals surface area contributed by atoms with Gasteiger partial charge in [-0.1, -0.05) is 11.6 Å². The molecule has 1 aromatic rings. The lowest BCUT2D eigenvalue weighted by Crippen LogP contribution is -2.07. The quantitative estimate of drug-likeness (QED) is 0.785. The van der Waals surface area contributed by atoms with Crippen LogP contribution in [0.2, 0.25) is 5.02 Å². The minimum atomic E-state index is -0.339. The minimum Gasteiger partial charge on any atom is -0.462 e. The number of hydrogen-bond donors (Lipinski definition) is 1. The van der Waals surface area contributed by atoms with Crippen molar-refractivity contribution in [2.24, 2.45) is 0 Å². The highest BCUT2D eigenvalue weighted by molar-refractivity contribution is 6.31. The zero-order valence-electron chi connectivity index (χ0n) is 8.13. The topological polar surface area (TPSA) is 38.3 Å². The molecule has 1 aromatic carbocycles. The highest BCUT2D eigenvalue weighted by Crippen LogP contribution is 2.21. The van der Waals surface area contributed by atoms with Gasteiger partial charge < -0.3 is 10.1 Å². The van der Waals surface area contributed by atoms with Crippen molar-refractivity contribution in [1.82, 2.24) is 0 Å². The van der Waals surface area contributed by atoms with Crippen molar-refractivity contribution in [2.45, 2.75) is 6.92 Å². The molecule has 1 N–H and O–H groups in total. The number of benzene rings is 1. The van der Waals surface area contributed by atoms with Crippen LogP contribution in [-0.2, 0) is 4.74 Å². The highest BCUT2D eigenvalue weighted by Gasteiger charge is 2.11. The summed E-state index contributed by atoms with van der Waals surface area (Å²) < 4.78 is 4.89. The molecule has 0 aliphatic carbocycles. The van der Waals surface area contributed by atoms with E-state index in [4.69, 9.17) is 16.3 Å². The Morgan fingerprint density at radius 2 is 2.29 bits per heavy atom. The van der Waals surface area contributed by atoms with Crippen molar-refractivity contribution in [3.63, 3.8) is 0 Å². The first-order chi connectivity index (χ1) is 6.69. The summed E-state index contributed by atoms with van der Waals surface area (Å²) in [5.74, 6) is -0.339. The number of carbonyl (C=O) groups excluding carboxylic acids is 1. The maximum Gasteiger partial charge on any atom is 0.340 e. The monoisotopic (exact) mass is 213 g/mol. The molecule has 0 fully saturated rings. The number of ether oxygens (including phenoxy) is 1. The maximum absolute atomic E-state index is 11.4. The molecule has 0 heterocycles. The predicted molar refractivity (Wildman–Crippen MR) is 57.0 cm³/mol. The normalized spacial score (nSPS) is 9.64. The standard InChI is InChI=1S/C10H12ClNO2/c1-3-14-10(13)8-5-4-7(11)6-9(8)12-2/h4-6,12H,3H2,1-2H3.